The molecule has 0 spiro atoms. The first-order valence-electron chi connectivity index (χ1n) is 48.5. The Labute approximate surface area is 831 Å². The number of rotatable bonds is 15. The van der Waals surface area contributed by atoms with Crippen molar-refractivity contribution in [3.05, 3.63) is 504 Å². The minimum absolute atomic E-state index is 0.563. The number of benzene rings is 19. The number of imidazole rings is 6. The molecular weight excluding hydrogens is 1780 g/mol. The van der Waals surface area contributed by atoms with Crippen molar-refractivity contribution in [2.24, 2.45) is 0 Å². The van der Waals surface area contributed by atoms with Crippen LogP contribution in [0.4, 0.5) is 0 Å². The molecule has 29 rings (SSSR count). The van der Waals surface area contributed by atoms with E-state index in [1.165, 1.54) is 38.9 Å². The lowest BCUT2D eigenvalue weighted by atomic mass is 9.93. The molecule has 0 unspecified atom stereocenters. The minimum atomic E-state index is 0.563. The molecule has 0 atom stereocenters. The van der Waals surface area contributed by atoms with E-state index in [9.17, 15) is 0 Å². The third-order valence-corrected chi connectivity index (χ3v) is 27.3. The smallest absolute Gasteiger partial charge is 0.238 e. The van der Waals surface area contributed by atoms with Crippen LogP contribution in [0.5, 0.6) is 0 Å². The Morgan fingerprint density at radius 1 is 0.152 bits per heavy atom. The molecule has 0 bridgehead atoms. The van der Waals surface area contributed by atoms with Crippen molar-refractivity contribution in [2.75, 3.05) is 0 Å². The lowest BCUT2D eigenvalue weighted by Gasteiger charge is -2.12. The van der Waals surface area contributed by atoms with Gasteiger partial charge in [-0.05, 0) is 176 Å². The van der Waals surface area contributed by atoms with Crippen LogP contribution in [0.15, 0.2) is 508 Å². The summed E-state index contributed by atoms with van der Waals surface area (Å²) in [5.74, 6) is 4.00. The molecule has 0 aliphatic heterocycles. The number of aromatic nitrogens is 15. The normalized spacial score (nSPS) is 11.6. The summed E-state index contributed by atoms with van der Waals surface area (Å²) in [6, 6.07) is 174. The van der Waals surface area contributed by atoms with Crippen LogP contribution in [0, 0.1) is 0 Å². The van der Waals surface area contributed by atoms with Gasteiger partial charge in [0, 0.05) is 49.7 Å². The molecule has 16 heteroatoms. The third-order valence-electron chi connectivity index (χ3n) is 27.3. The SMILES string of the molecule is c1ccc(-c2cc(-c3ccccc3)cc(-c3ccc4c(c3)n3c5ccccc5nc3n4-c3nc(-c4ccccc4)cc(-c4ccccc4)n3)c2)cc1.c1ccc(-c2cc(-c3ccccc3)nc(-n3c4ccc(-c5cccc6c5oc5ccccc56)cc4n4c5ccccc5nc34)n2)cc1.c1ccc(-c2cc(-c3ccccc3)nc(-n3c4ccc(-c5ccccc5-c5ccccc5)cc4n4c5ccccc5nc34)n2)cc1. The number of nitrogens with zero attached hydrogens (tertiary/aromatic N) is 15. The van der Waals surface area contributed by atoms with Gasteiger partial charge in [0.15, 0.2) is 0 Å². The maximum absolute atomic E-state index is 6.43. The number of para-hydroxylation sites is 8. The topological polar surface area (TPSA) is 157 Å². The summed E-state index contributed by atoms with van der Waals surface area (Å²) in [6.07, 6.45) is 0. The zero-order valence-electron chi connectivity index (χ0n) is 78.0. The fraction of sp³-hybridized carbons (Fsp3) is 0. The maximum Gasteiger partial charge on any atom is 0.238 e. The van der Waals surface area contributed by atoms with Gasteiger partial charge < -0.3 is 4.42 Å². The Morgan fingerprint density at radius 3 is 0.772 bits per heavy atom. The molecule has 10 aromatic heterocycles. The van der Waals surface area contributed by atoms with Crippen LogP contribution >= 0.6 is 0 Å². The molecular formula is C129H83N15O. The molecule has 0 radical (unpaired) electrons. The van der Waals surface area contributed by atoms with Gasteiger partial charge in [-0.2, -0.15) is 0 Å². The zero-order chi connectivity index (χ0) is 95.8. The van der Waals surface area contributed by atoms with Crippen molar-refractivity contribution < 1.29 is 4.42 Å². The molecule has 0 N–H and O–H groups in total. The van der Waals surface area contributed by atoms with Crippen molar-refractivity contribution >= 4 is 105 Å². The van der Waals surface area contributed by atoms with Crippen molar-refractivity contribution in [1.29, 1.82) is 0 Å². The van der Waals surface area contributed by atoms with Crippen LogP contribution < -0.4 is 0 Å². The lowest BCUT2D eigenvalue weighted by Crippen LogP contribution is -2.04. The number of hydrogen-bond donors (Lipinski definition) is 0. The average Bonchev–Trinajstić information content (AvgIpc) is 1.56. The van der Waals surface area contributed by atoms with Gasteiger partial charge in [-0.25, -0.2) is 58.6 Å². The van der Waals surface area contributed by atoms with Gasteiger partial charge >= 0.3 is 0 Å². The number of furan rings is 1. The Balaban J connectivity index is 0.000000108. The van der Waals surface area contributed by atoms with E-state index >= 15 is 0 Å². The first-order valence-corrected chi connectivity index (χ1v) is 48.5. The summed E-state index contributed by atoms with van der Waals surface area (Å²) >= 11 is 0. The molecule has 16 nitrogen and oxygen atoms in total. The molecule has 0 aliphatic rings. The molecule has 0 saturated heterocycles. The van der Waals surface area contributed by atoms with E-state index in [-0.39, 0.29) is 0 Å². The van der Waals surface area contributed by atoms with Gasteiger partial charge in [0.05, 0.1) is 100 Å². The molecule has 0 amide bonds. The highest BCUT2D eigenvalue weighted by atomic mass is 16.3. The van der Waals surface area contributed by atoms with Crippen LogP contribution in [0.25, 0.3) is 258 Å². The monoisotopic (exact) mass is 1860 g/mol. The van der Waals surface area contributed by atoms with E-state index in [2.05, 4.69) is 385 Å². The number of hydrogen-bond acceptors (Lipinski definition) is 10. The Hall–Kier alpha value is -20.0. The molecule has 29 aromatic rings. The van der Waals surface area contributed by atoms with E-state index in [1.807, 2.05) is 146 Å². The summed E-state index contributed by atoms with van der Waals surface area (Å²) in [6.45, 7) is 0. The third kappa shape index (κ3) is 15.2. The summed E-state index contributed by atoms with van der Waals surface area (Å²) < 4.78 is 19.4. The van der Waals surface area contributed by atoms with Gasteiger partial charge in [-0.3, -0.25) is 13.2 Å². The zero-order valence-corrected chi connectivity index (χ0v) is 78.0. The Bertz CT molecular complexity index is 9770. The van der Waals surface area contributed by atoms with E-state index in [4.69, 9.17) is 49.3 Å². The van der Waals surface area contributed by atoms with Gasteiger partial charge in [0.1, 0.15) is 11.2 Å². The standard InChI is InChI=1S/C47H31N5.C41H25N5O.C41H27N5/c1-5-15-32(16-6-1)37-27-38(33-17-7-2-8-18-33)29-39(28-37)36-25-26-44-45(30-36)51-43-24-14-13-23-40(43)50-47(51)52(44)46-48-41(34-19-9-3-10-20-34)31-42(49-46)35-21-11-4-12-22-35;1-3-12-26(13-4-1)33-25-34(27-14-5-2-6-15-27)43-40(42-33)46-36-23-22-28(24-37(36)45-35-20-9-8-19-32(35)44-41(45)46)29-17-11-18-31-30-16-7-10-21-38(30)47-39(29)31;1-4-14-28(15-5-1)32-20-10-11-21-33(32)31-24-25-38-39(26-31)45-37-23-13-12-22-34(37)44-41(45)46(38)40-42-35(29-16-6-2-7-17-29)27-36(43-40)30-18-8-3-9-19-30/h1-31H;1-25H;1-27H. The fourth-order valence-electron chi connectivity index (χ4n) is 20.4. The molecule has 0 saturated carbocycles. The van der Waals surface area contributed by atoms with Crippen LogP contribution in [0.1, 0.15) is 0 Å². The molecule has 680 valence electrons. The Kier molecular flexibility index (Phi) is 20.8. The average molecular weight is 1860 g/mol. The molecule has 145 heavy (non-hydrogen) atoms. The first kappa shape index (κ1) is 84.3. The van der Waals surface area contributed by atoms with Crippen LogP contribution in [-0.4, -0.2) is 71.8 Å². The second kappa shape index (κ2) is 35.8. The van der Waals surface area contributed by atoms with Crippen molar-refractivity contribution in [2.45, 2.75) is 0 Å². The van der Waals surface area contributed by atoms with E-state index in [1.54, 1.807) is 0 Å². The molecule has 19 aromatic carbocycles. The second-order valence-electron chi connectivity index (χ2n) is 36.1. The Morgan fingerprint density at radius 2 is 0.414 bits per heavy atom. The van der Waals surface area contributed by atoms with Gasteiger partial charge in [-0.15, -0.1) is 0 Å². The highest BCUT2D eigenvalue weighted by Gasteiger charge is 2.28. The van der Waals surface area contributed by atoms with Gasteiger partial charge in [0.25, 0.3) is 0 Å². The van der Waals surface area contributed by atoms with E-state index in [0.29, 0.717) is 17.8 Å². The summed E-state index contributed by atoms with van der Waals surface area (Å²) in [4.78, 5) is 46.6. The quantitative estimate of drug-likeness (QED) is 0.0967. The van der Waals surface area contributed by atoms with E-state index in [0.717, 1.165) is 201 Å². The highest BCUT2D eigenvalue weighted by molar-refractivity contribution is 6.10. The van der Waals surface area contributed by atoms with Crippen LogP contribution in [-0.2, 0) is 0 Å². The fourth-order valence-corrected chi connectivity index (χ4v) is 20.4. The predicted octanol–water partition coefficient (Wildman–Crippen LogP) is 31.6. The predicted molar refractivity (Wildman–Crippen MR) is 588 cm³/mol. The van der Waals surface area contributed by atoms with Crippen molar-refractivity contribution in [3.63, 3.8) is 0 Å². The highest BCUT2D eigenvalue weighted by Crippen LogP contribution is 2.44. The second-order valence-corrected chi connectivity index (χ2v) is 36.1. The molecule has 0 aliphatic carbocycles. The van der Waals surface area contributed by atoms with Crippen LogP contribution in [0.2, 0.25) is 0 Å². The maximum atomic E-state index is 6.43. The molecule has 0 fully saturated rings. The summed E-state index contributed by atoms with van der Waals surface area (Å²) in [7, 11) is 0. The largest absolute Gasteiger partial charge is 0.455 e. The molecule has 10 heterocycles. The summed E-state index contributed by atoms with van der Waals surface area (Å²) in [5.41, 5.74) is 38.6. The van der Waals surface area contributed by atoms with Crippen LogP contribution in [0.3, 0.4) is 0 Å². The van der Waals surface area contributed by atoms with Crippen molar-refractivity contribution in [1.82, 2.24) is 71.8 Å². The first-order chi connectivity index (χ1) is 71.9. The van der Waals surface area contributed by atoms with Gasteiger partial charge in [-0.1, -0.05) is 388 Å². The number of fused-ring (bicyclic) bond motifs is 18. The lowest BCUT2D eigenvalue weighted by molar-refractivity contribution is 0.670. The van der Waals surface area contributed by atoms with E-state index < -0.39 is 0 Å². The summed E-state index contributed by atoms with van der Waals surface area (Å²) in [5, 5.41) is 2.22. The minimum Gasteiger partial charge on any atom is -0.455 e. The van der Waals surface area contributed by atoms with Gasteiger partial charge in [0.2, 0.25) is 35.2 Å². The van der Waals surface area contributed by atoms with Crippen molar-refractivity contribution in [3.8, 4) is 152 Å².